The van der Waals surface area contributed by atoms with Gasteiger partial charge in [-0.1, -0.05) is 94.2 Å². The molecule has 0 amide bonds. The number of hydrogen-bond acceptors (Lipinski definition) is 0. The van der Waals surface area contributed by atoms with Gasteiger partial charge < -0.3 is 24.8 Å². The van der Waals surface area contributed by atoms with Crippen molar-refractivity contribution in [1.29, 1.82) is 0 Å². The van der Waals surface area contributed by atoms with Crippen LogP contribution in [0.3, 0.4) is 0 Å². The Hall–Kier alpha value is -0.186. The summed E-state index contributed by atoms with van der Waals surface area (Å²) in [5, 5.41) is 9.09. The Morgan fingerprint density at radius 3 is 1.44 bits per heavy atom. The van der Waals surface area contributed by atoms with Crippen molar-refractivity contribution in [3.05, 3.63) is 72.8 Å². The molecule has 43 heavy (non-hydrogen) atoms. The van der Waals surface area contributed by atoms with Gasteiger partial charge >= 0.3 is 21.7 Å². The van der Waals surface area contributed by atoms with E-state index >= 15 is 0 Å². The SMILES string of the molecule is CCC(C)P(c1cc2ccccc2[cH-]1)C(C)CC.[Cl-].[Cl-].[Ti+4].c1ccc2[cH-]c(P(C3CCCCC3)C3CCCCC3)cc2c1. The number of halogens is 2. The third-order valence-corrected chi connectivity index (χ3v) is 16.8. The second-order valence-corrected chi connectivity index (χ2v) is 18.5. The predicted octanol–water partition coefficient (Wildman–Crippen LogP) is 5.60. The van der Waals surface area contributed by atoms with Gasteiger partial charge in [-0.2, -0.15) is 12.1 Å². The first-order valence-electron chi connectivity index (χ1n) is 16.5. The molecule has 2 saturated carbocycles. The molecule has 5 heteroatoms. The standard InChI is InChI=1S/C21H28P.C17H24P.2ClH.Ti/c1-3-11-19(12-4-1)22(20-13-5-2-6-14-20)21-15-17-9-7-8-10-18(17)16-21;1-5-13(3)18(14(4)6-2)17-11-15-9-7-8-10-16(15)12-17;;;/h7-10,15-16,19-20H,1-6,11-14H2;7-14H,5-6H2,1-4H3;2*1H;/q2*-1;;;+4/p-2. The van der Waals surface area contributed by atoms with Gasteiger partial charge in [0.15, 0.2) is 0 Å². The number of rotatable bonds is 8. The van der Waals surface area contributed by atoms with Gasteiger partial charge in [-0.15, -0.1) is 80.7 Å². The first-order valence-corrected chi connectivity index (χ1v) is 19.4. The maximum absolute atomic E-state index is 2.55. The molecule has 0 nitrogen and oxygen atoms in total. The third-order valence-electron chi connectivity index (χ3n) is 9.87. The van der Waals surface area contributed by atoms with E-state index < -0.39 is 0 Å². The van der Waals surface area contributed by atoms with Crippen LogP contribution in [0.25, 0.3) is 21.5 Å². The van der Waals surface area contributed by atoms with Crippen molar-refractivity contribution in [2.24, 2.45) is 0 Å². The van der Waals surface area contributed by atoms with Crippen LogP contribution in [0.1, 0.15) is 105 Å². The van der Waals surface area contributed by atoms with Crippen LogP contribution in [0, 0.1) is 0 Å². The van der Waals surface area contributed by atoms with Crippen LogP contribution in [0.4, 0.5) is 0 Å². The Morgan fingerprint density at radius 2 is 1.02 bits per heavy atom. The summed E-state index contributed by atoms with van der Waals surface area (Å²) in [4.78, 5) is 0. The van der Waals surface area contributed by atoms with Crippen molar-refractivity contribution < 1.29 is 46.5 Å². The van der Waals surface area contributed by atoms with Crippen LogP contribution >= 0.6 is 15.8 Å². The Labute approximate surface area is 292 Å². The Kier molecular flexibility index (Phi) is 17.7. The van der Waals surface area contributed by atoms with Gasteiger partial charge in [0.1, 0.15) is 0 Å². The van der Waals surface area contributed by atoms with Crippen LogP contribution in [0.2, 0.25) is 0 Å². The first kappa shape index (κ1) is 39.0. The van der Waals surface area contributed by atoms with Crippen LogP contribution in [0.5, 0.6) is 0 Å². The number of benzene rings is 2. The molecule has 2 atom stereocenters. The average Bonchev–Trinajstić information content (AvgIpc) is 3.63. The number of hydrogen-bond donors (Lipinski definition) is 0. The van der Waals surface area contributed by atoms with Gasteiger partial charge in [-0.05, 0) is 61.2 Å². The van der Waals surface area contributed by atoms with E-state index in [0.717, 1.165) is 22.6 Å². The molecule has 0 spiro atoms. The molecular weight excluding hydrogens is 637 g/mol. The van der Waals surface area contributed by atoms with Crippen molar-refractivity contribution in [3.8, 4) is 0 Å². The van der Waals surface area contributed by atoms with Gasteiger partial charge in [-0.3, -0.25) is 0 Å². The van der Waals surface area contributed by atoms with Gasteiger partial charge in [0.25, 0.3) is 0 Å². The van der Waals surface area contributed by atoms with Gasteiger partial charge in [0, 0.05) is 0 Å². The normalized spacial score (nSPS) is 18.1. The zero-order valence-electron chi connectivity index (χ0n) is 26.9. The summed E-state index contributed by atoms with van der Waals surface area (Å²) in [6.45, 7) is 9.50. The summed E-state index contributed by atoms with van der Waals surface area (Å²) >= 11 is 0. The molecule has 0 radical (unpaired) electrons. The fourth-order valence-electron chi connectivity index (χ4n) is 7.34. The zero-order chi connectivity index (χ0) is 27.9. The summed E-state index contributed by atoms with van der Waals surface area (Å²) in [7, 11) is 0.0359. The molecule has 2 unspecified atom stereocenters. The van der Waals surface area contributed by atoms with E-state index in [9.17, 15) is 0 Å². The second-order valence-electron chi connectivity index (χ2n) is 12.6. The molecule has 2 fully saturated rings. The van der Waals surface area contributed by atoms with Gasteiger partial charge in [-0.25, -0.2) is 0 Å². The van der Waals surface area contributed by atoms with Crippen LogP contribution in [0.15, 0.2) is 72.8 Å². The molecule has 0 N–H and O–H groups in total. The molecule has 2 aliphatic carbocycles. The van der Waals surface area contributed by atoms with E-state index in [-0.39, 0.29) is 62.4 Å². The molecule has 2 aliphatic rings. The molecule has 4 aromatic rings. The zero-order valence-corrected chi connectivity index (χ0v) is 31.7. The molecule has 0 aliphatic heterocycles. The first-order chi connectivity index (χ1) is 19.6. The predicted molar refractivity (Wildman–Crippen MR) is 185 cm³/mol. The van der Waals surface area contributed by atoms with E-state index in [1.54, 1.807) is 10.6 Å². The smallest absolute Gasteiger partial charge is 1.00 e. The van der Waals surface area contributed by atoms with E-state index in [0.29, 0.717) is 0 Å². The monoisotopic (exact) mass is 688 g/mol. The molecule has 0 bridgehead atoms. The molecule has 232 valence electrons. The topological polar surface area (TPSA) is 0 Å². The maximum atomic E-state index is 2.55. The van der Waals surface area contributed by atoms with E-state index in [4.69, 9.17) is 0 Å². The second kappa shape index (κ2) is 19.5. The maximum Gasteiger partial charge on any atom is 4.00 e. The minimum Gasteiger partial charge on any atom is -1.00 e. The van der Waals surface area contributed by atoms with Crippen molar-refractivity contribution >= 4 is 48.0 Å². The third kappa shape index (κ3) is 9.90. The van der Waals surface area contributed by atoms with Crippen molar-refractivity contribution in [1.82, 2.24) is 0 Å². The Morgan fingerprint density at radius 1 is 0.628 bits per heavy atom. The largest absolute Gasteiger partial charge is 4.00 e. The summed E-state index contributed by atoms with van der Waals surface area (Å²) in [6, 6.07) is 27.7. The fraction of sp³-hybridized carbons (Fsp3) is 0.526. The Bertz CT molecular complexity index is 1220. The van der Waals surface area contributed by atoms with Crippen molar-refractivity contribution in [3.63, 3.8) is 0 Å². The van der Waals surface area contributed by atoms with Crippen LogP contribution < -0.4 is 35.4 Å². The molecule has 0 aromatic heterocycles. The van der Waals surface area contributed by atoms with E-state index in [1.165, 1.54) is 98.6 Å². The Balaban J connectivity index is 0.000000286. The van der Waals surface area contributed by atoms with Gasteiger partial charge in [0.2, 0.25) is 0 Å². The molecule has 0 heterocycles. The number of fused-ring (bicyclic) bond motifs is 2. The minimum atomic E-state index is -0.0252. The van der Waals surface area contributed by atoms with Gasteiger partial charge in [0.05, 0.1) is 0 Å². The quantitative estimate of drug-likeness (QED) is 0.129. The molecular formula is C38H52Cl2P2Ti. The summed E-state index contributed by atoms with van der Waals surface area (Å²) in [5.41, 5.74) is 3.69. The van der Waals surface area contributed by atoms with Crippen LogP contribution in [-0.2, 0) is 21.7 Å². The fourth-order valence-corrected chi connectivity index (χ4v) is 14.5. The summed E-state index contributed by atoms with van der Waals surface area (Å²) in [5.74, 6) is 0. The van der Waals surface area contributed by atoms with Crippen LogP contribution in [-0.4, -0.2) is 22.6 Å². The van der Waals surface area contributed by atoms with E-state index in [1.807, 2.05) is 0 Å². The minimum absolute atomic E-state index is 0. The van der Waals surface area contributed by atoms with Crippen molar-refractivity contribution in [2.75, 3.05) is 0 Å². The van der Waals surface area contributed by atoms with E-state index in [2.05, 4.69) is 100 Å². The summed E-state index contributed by atoms with van der Waals surface area (Å²) in [6.07, 6.45) is 17.5. The average molecular weight is 690 g/mol. The molecule has 0 saturated heterocycles. The molecule has 4 aromatic carbocycles. The molecule has 6 rings (SSSR count). The van der Waals surface area contributed by atoms with Crippen molar-refractivity contribution in [2.45, 2.75) is 127 Å². The summed E-state index contributed by atoms with van der Waals surface area (Å²) < 4.78 is 0.